The summed E-state index contributed by atoms with van der Waals surface area (Å²) >= 11 is 0. The van der Waals surface area contributed by atoms with Gasteiger partial charge in [-0.2, -0.15) is 0 Å². The van der Waals surface area contributed by atoms with Crippen molar-refractivity contribution in [2.75, 3.05) is 13.1 Å². The van der Waals surface area contributed by atoms with Crippen molar-refractivity contribution in [1.29, 1.82) is 0 Å². The van der Waals surface area contributed by atoms with Crippen LogP contribution in [0.5, 0.6) is 0 Å². The minimum atomic E-state index is 0. The summed E-state index contributed by atoms with van der Waals surface area (Å²) in [5.74, 6) is 0. The van der Waals surface area contributed by atoms with E-state index in [4.69, 9.17) is 0 Å². The molecule has 0 saturated heterocycles. The van der Waals surface area contributed by atoms with Crippen LogP contribution in [0.3, 0.4) is 0 Å². The molecule has 0 atom stereocenters. The zero-order valence-corrected chi connectivity index (χ0v) is 5.94. The van der Waals surface area contributed by atoms with E-state index in [-0.39, 0.29) is 29.6 Å². The minimum absolute atomic E-state index is 0. The molecule has 3 heteroatoms. The zero-order valence-electron chi connectivity index (χ0n) is 3.94. The maximum Gasteiger partial charge on any atom is 0.0825 e. The second-order valence-electron chi connectivity index (χ2n) is 0.989. The van der Waals surface area contributed by atoms with E-state index in [1.54, 1.807) is 6.34 Å². The van der Waals surface area contributed by atoms with Crippen LogP contribution in [-0.2, 0) is 0 Å². The molecule has 0 unspecified atom stereocenters. The van der Waals surface area contributed by atoms with Gasteiger partial charge >= 0.3 is 0 Å². The van der Waals surface area contributed by atoms with E-state index >= 15 is 0 Å². The molecule has 0 saturated carbocycles. The number of nitrogens with one attached hydrogen (secondary N) is 1. The summed E-state index contributed by atoms with van der Waals surface area (Å²) in [5.41, 5.74) is 0. The molecule has 0 aromatic carbocycles. The Bertz CT molecular complexity index is 46.8. The summed E-state index contributed by atoms with van der Waals surface area (Å²) in [5, 5.41) is 2.93. The van der Waals surface area contributed by atoms with Gasteiger partial charge in [0.1, 0.15) is 0 Å². The van der Waals surface area contributed by atoms with Crippen LogP contribution in [0.25, 0.3) is 0 Å². The first-order valence-corrected chi connectivity index (χ1v) is 1.72. The van der Waals surface area contributed by atoms with Gasteiger partial charge < -0.3 is 5.32 Å². The van der Waals surface area contributed by atoms with Gasteiger partial charge in [0.2, 0.25) is 0 Å². The third-order valence-corrected chi connectivity index (χ3v) is 0.568. The fourth-order valence-electron chi connectivity index (χ4n) is 0.323. The van der Waals surface area contributed by atoms with Crippen molar-refractivity contribution in [2.24, 2.45) is 4.99 Å². The summed E-state index contributed by atoms with van der Waals surface area (Å²) in [4.78, 5) is 3.85. The molecule has 0 aromatic heterocycles. The topological polar surface area (TPSA) is 24.4 Å². The van der Waals surface area contributed by atoms with Crippen LogP contribution in [0.15, 0.2) is 4.99 Å². The Balaban J connectivity index is 0.000000250. The van der Waals surface area contributed by atoms with Gasteiger partial charge in [-0.15, -0.1) is 0 Å². The summed E-state index contributed by atoms with van der Waals surface area (Å²) in [6, 6.07) is 0. The van der Waals surface area contributed by atoms with E-state index in [2.05, 4.69) is 10.3 Å². The molecule has 1 aliphatic heterocycles. The Labute approximate surface area is 59.3 Å². The van der Waals surface area contributed by atoms with Gasteiger partial charge in [0.05, 0.1) is 12.9 Å². The largest absolute Gasteiger partial charge is 0.375 e. The predicted molar refractivity (Wildman–Crippen MR) is 27.1 cm³/mol. The van der Waals surface area contributed by atoms with Crippen molar-refractivity contribution in [1.82, 2.24) is 5.32 Å². The van der Waals surface area contributed by atoms with Crippen LogP contribution < -0.4 is 5.32 Å². The van der Waals surface area contributed by atoms with Gasteiger partial charge in [-0.3, -0.25) is 4.99 Å². The van der Waals surface area contributed by atoms with Crippen molar-refractivity contribution < 1.29 is 0 Å². The Morgan fingerprint density at radius 3 is 2.67 bits per heavy atom. The molecule has 0 spiro atoms. The van der Waals surface area contributed by atoms with E-state index < -0.39 is 0 Å². The standard InChI is InChI=1S/C3H6N2.Na/c1-2-5-3-4-1;/h3H,1-2H2,(H,4,5);. The normalized spacial score (nSPS) is 16.0. The van der Waals surface area contributed by atoms with Crippen molar-refractivity contribution in [3.05, 3.63) is 0 Å². The summed E-state index contributed by atoms with van der Waals surface area (Å²) in [7, 11) is 0. The molecule has 1 radical (unpaired) electrons. The molecule has 0 fully saturated rings. The summed E-state index contributed by atoms with van der Waals surface area (Å²) in [6.45, 7) is 1.99. The van der Waals surface area contributed by atoms with Crippen molar-refractivity contribution in [2.45, 2.75) is 0 Å². The van der Waals surface area contributed by atoms with E-state index in [1.165, 1.54) is 0 Å². The molecule has 0 aromatic rings. The van der Waals surface area contributed by atoms with E-state index in [0.29, 0.717) is 0 Å². The minimum Gasteiger partial charge on any atom is -0.375 e. The molecule has 1 heterocycles. The maximum atomic E-state index is 3.85. The quantitative estimate of drug-likeness (QED) is 0.391. The average Bonchev–Trinajstić information content (AvgIpc) is 1.76. The number of hydrogen-bond donors (Lipinski definition) is 1. The molecular formula is C3H6N2Na. The SMILES string of the molecule is C1=NCCN1.[Na]. The fourth-order valence-corrected chi connectivity index (χ4v) is 0.323. The first-order chi connectivity index (χ1) is 2.50. The molecule has 6 heavy (non-hydrogen) atoms. The van der Waals surface area contributed by atoms with Crippen molar-refractivity contribution in [3.8, 4) is 0 Å². The number of hydrogen-bond acceptors (Lipinski definition) is 2. The third-order valence-electron chi connectivity index (χ3n) is 0.568. The Hall–Kier alpha value is 0.470. The smallest absolute Gasteiger partial charge is 0.0825 e. The fraction of sp³-hybridized carbons (Fsp3) is 0.667. The molecule has 2 nitrogen and oxygen atoms in total. The van der Waals surface area contributed by atoms with Gasteiger partial charge in [0, 0.05) is 36.1 Å². The van der Waals surface area contributed by atoms with Crippen LogP contribution in [0.1, 0.15) is 0 Å². The van der Waals surface area contributed by atoms with E-state index in [0.717, 1.165) is 13.1 Å². The van der Waals surface area contributed by atoms with E-state index in [9.17, 15) is 0 Å². The monoisotopic (exact) mass is 93.0 g/mol. The first-order valence-electron chi connectivity index (χ1n) is 1.72. The Kier molecular flexibility index (Phi) is 3.94. The molecule has 29 valence electrons. The second-order valence-corrected chi connectivity index (χ2v) is 0.989. The van der Waals surface area contributed by atoms with Crippen LogP contribution >= 0.6 is 0 Å². The Morgan fingerprint density at radius 2 is 2.50 bits per heavy atom. The van der Waals surface area contributed by atoms with Gasteiger partial charge in [0.25, 0.3) is 0 Å². The van der Waals surface area contributed by atoms with Gasteiger partial charge in [-0.25, -0.2) is 0 Å². The van der Waals surface area contributed by atoms with Crippen molar-refractivity contribution >= 4 is 35.9 Å². The third kappa shape index (κ3) is 1.80. The predicted octanol–water partition coefficient (Wildman–Crippen LogP) is -0.763. The summed E-state index contributed by atoms with van der Waals surface area (Å²) in [6.07, 6.45) is 1.74. The summed E-state index contributed by atoms with van der Waals surface area (Å²) < 4.78 is 0. The van der Waals surface area contributed by atoms with Gasteiger partial charge in [0.15, 0.2) is 0 Å². The maximum absolute atomic E-state index is 3.85. The van der Waals surface area contributed by atoms with Crippen LogP contribution in [0.2, 0.25) is 0 Å². The molecule has 1 aliphatic rings. The van der Waals surface area contributed by atoms with Gasteiger partial charge in [-0.05, 0) is 0 Å². The molecule has 1 rings (SSSR count). The first kappa shape index (κ1) is 6.47. The second kappa shape index (κ2) is 3.65. The van der Waals surface area contributed by atoms with Crippen LogP contribution in [-0.4, -0.2) is 49.0 Å². The number of aliphatic imine (C=N–C) groups is 1. The average molecular weight is 93.1 g/mol. The van der Waals surface area contributed by atoms with E-state index in [1.807, 2.05) is 0 Å². The molecular weight excluding hydrogens is 87.0 g/mol. The number of rotatable bonds is 0. The molecule has 1 N–H and O–H groups in total. The van der Waals surface area contributed by atoms with Crippen LogP contribution in [0, 0.1) is 0 Å². The molecule has 0 amide bonds. The zero-order chi connectivity index (χ0) is 3.54. The van der Waals surface area contributed by atoms with Crippen molar-refractivity contribution in [3.63, 3.8) is 0 Å². The molecule has 0 aliphatic carbocycles. The molecule has 0 bridgehead atoms. The number of nitrogens with zero attached hydrogens (tertiary/aromatic N) is 1. The van der Waals surface area contributed by atoms with Crippen LogP contribution in [0.4, 0.5) is 0 Å². The van der Waals surface area contributed by atoms with Gasteiger partial charge in [-0.1, -0.05) is 0 Å². The Morgan fingerprint density at radius 1 is 1.67 bits per heavy atom.